The second-order valence-corrected chi connectivity index (χ2v) is 11.6. The number of nitrogens with one attached hydrogen (secondary N) is 1. The van der Waals surface area contributed by atoms with Crippen molar-refractivity contribution in [2.75, 3.05) is 13.2 Å². The van der Waals surface area contributed by atoms with Crippen LogP contribution in [0, 0.1) is 5.92 Å². The number of esters is 1. The number of amides is 1. The number of carboxylic acid groups (broad SMARTS) is 1. The summed E-state index contributed by atoms with van der Waals surface area (Å²) in [6.45, 7) is 3.50. The Morgan fingerprint density at radius 3 is 1.42 bits per heavy atom. The van der Waals surface area contributed by atoms with E-state index in [0.29, 0.717) is 0 Å². The lowest BCUT2D eigenvalue weighted by atomic mass is 9.88. The first-order chi connectivity index (χ1) is 20.8. The summed E-state index contributed by atoms with van der Waals surface area (Å²) in [5.74, 6) is -3.23. The van der Waals surface area contributed by atoms with Crippen LogP contribution in [0.3, 0.4) is 0 Å². The number of hydrogen-bond donors (Lipinski definition) is 2. The van der Waals surface area contributed by atoms with Crippen LogP contribution in [-0.2, 0) is 19.1 Å². The molecule has 2 aliphatic rings. The average Bonchev–Trinajstić information content (AvgIpc) is 3.50. The highest BCUT2D eigenvalue weighted by Crippen LogP contribution is 2.46. The van der Waals surface area contributed by atoms with Crippen molar-refractivity contribution in [3.63, 3.8) is 0 Å². The van der Waals surface area contributed by atoms with Crippen molar-refractivity contribution in [1.82, 2.24) is 5.32 Å². The molecule has 7 nitrogen and oxygen atoms in total. The minimum absolute atomic E-state index is 0.0120. The van der Waals surface area contributed by atoms with E-state index in [-0.39, 0.29) is 37.4 Å². The van der Waals surface area contributed by atoms with Crippen LogP contribution in [0.25, 0.3) is 22.3 Å². The molecule has 0 unspecified atom stereocenters. The molecular formula is C36H33NO6. The van der Waals surface area contributed by atoms with Gasteiger partial charge < -0.3 is 14.6 Å². The molecule has 0 aromatic heterocycles. The van der Waals surface area contributed by atoms with Crippen LogP contribution < -0.4 is 5.32 Å². The maximum absolute atomic E-state index is 13.7. The summed E-state index contributed by atoms with van der Waals surface area (Å²) in [6.07, 6.45) is -1.15. The fourth-order valence-corrected chi connectivity index (χ4v) is 6.56. The molecule has 0 aliphatic heterocycles. The number of carbonyl (C=O) groups is 3. The fraction of sp³-hybridized carbons (Fsp3) is 0.250. The van der Waals surface area contributed by atoms with Gasteiger partial charge in [0.25, 0.3) is 0 Å². The molecule has 0 saturated heterocycles. The highest BCUT2D eigenvalue weighted by molar-refractivity contribution is 6.06. The molecule has 0 saturated carbocycles. The molecule has 6 rings (SSSR count). The Labute approximate surface area is 250 Å². The number of rotatable bonds is 9. The van der Waals surface area contributed by atoms with Crippen LogP contribution in [0.1, 0.15) is 54.4 Å². The zero-order valence-corrected chi connectivity index (χ0v) is 24.1. The number of benzene rings is 4. The molecule has 0 spiro atoms. The zero-order valence-electron chi connectivity index (χ0n) is 24.1. The molecule has 218 valence electrons. The van der Waals surface area contributed by atoms with E-state index in [9.17, 15) is 19.5 Å². The van der Waals surface area contributed by atoms with Gasteiger partial charge in [0.15, 0.2) is 0 Å². The number of carbonyl (C=O) groups excluding carboxylic acids is 2. The van der Waals surface area contributed by atoms with Gasteiger partial charge in [-0.2, -0.15) is 0 Å². The SMILES string of the molecule is CC(C)C[C@](NC(=O)OCC1c2ccccc2-c2ccccc21)(C(=O)O)C(=O)OCC1c2ccccc2-c2ccccc21. The molecule has 1 amide bonds. The summed E-state index contributed by atoms with van der Waals surface area (Å²) in [5, 5.41) is 12.8. The Kier molecular flexibility index (Phi) is 7.48. The summed E-state index contributed by atoms with van der Waals surface area (Å²) in [4.78, 5) is 39.6. The van der Waals surface area contributed by atoms with Crippen molar-refractivity contribution in [3.8, 4) is 22.3 Å². The van der Waals surface area contributed by atoms with Crippen molar-refractivity contribution < 1.29 is 29.0 Å². The molecular weight excluding hydrogens is 542 g/mol. The second kappa shape index (κ2) is 11.4. The molecule has 2 aliphatic carbocycles. The van der Waals surface area contributed by atoms with E-state index in [4.69, 9.17) is 9.47 Å². The van der Waals surface area contributed by atoms with Crippen LogP contribution in [-0.4, -0.2) is 41.9 Å². The number of ether oxygens (including phenoxy) is 2. The highest BCUT2D eigenvalue weighted by Gasteiger charge is 2.51. The molecule has 4 aromatic carbocycles. The van der Waals surface area contributed by atoms with Crippen LogP contribution >= 0.6 is 0 Å². The van der Waals surface area contributed by atoms with Crippen LogP contribution in [0.2, 0.25) is 0 Å². The van der Waals surface area contributed by atoms with Gasteiger partial charge in [-0.1, -0.05) is 111 Å². The smallest absolute Gasteiger partial charge is 0.408 e. The van der Waals surface area contributed by atoms with E-state index in [1.54, 1.807) is 13.8 Å². The lowest BCUT2D eigenvalue weighted by Crippen LogP contribution is -2.61. The minimum Gasteiger partial charge on any atom is -0.479 e. The van der Waals surface area contributed by atoms with E-state index in [0.717, 1.165) is 44.5 Å². The minimum atomic E-state index is -2.31. The van der Waals surface area contributed by atoms with Crippen molar-refractivity contribution in [1.29, 1.82) is 0 Å². The topological polar surface area (TPSA) is 102 Å². The third kappa shape index (κ3) is 5.05. The molecule has 0 fully saturated rings. The van der Waals surface area contributed by atoms with Gasteiger partial charge in [-0.05, 0) is 56.8 Å². The normalized spacial score (nSPS) is 14.7. The molecule has 1 atom stereocenters. The first-order valence-corrected chi connectivity index (χ1v) is 14.5. The predicted molar refractivity (Wildman–Crippen MR) is 163 cm³/mol. The van der Waals surface area contributed by atoms with Crippen molar-refractivity contribution in [2.45, 2.75) is 37.6 Å². The Morgan fingerprint density at radius 2 is 1.05 bits per heavy atom. The number of aliphatic carboxylic acids is 1. The van der Waals surface area contributed by atoms with Gasteiger partial charge in [-0.3, -0.25) is 5.32 Å². The standard InChI is InChI=1S/C36H33NO6/c1-22(2)19-36(33(38)39,34(40)42-20-31-27-15-7-3-11-23(27)24-12-4-8-16-28(24)31)37-35(41)43-21-32-29-17-9-5-13-25(29)26-14-6-10-18-30(26)32/h3-18,22,31-32H,19-21H2,1-2H3,(H,37,41)(H,38,39)/t36-/m0/s1. The first kappa shape index (κ1) is 28.2. The van der Waals surface area contributed by atoms with Gasteiger partial charge in [0, 0.05) is 11.8 Å². The predicted octanol–water partition coefficient (Wildman–Crippen LogP) is 6.75. The fourth-order valence-electron chi connectivity index (χ4n) is 6.56. The third-order valence-electron chi connectivity index (χ3n) is 8.43. The summed E-state index contributed by atoms with van der Waals surface area (Å²) in [7, 11) is 0. The van der Waals surface area contributed by atoms with Crippen LogP contribution in [0.15, 0.2) is 97.1 Å². The van der Waals surface area contributed by atoms with Crippen molar-refractivity contribution >= 4 is 18.0 Å². The molecule has 0 heterocycles. The summed E-state index contributed by atoms with van der Waals surface area (Å²) in [5.41, 5.74) is 6.02. The maximum atomic E-state index is 13.7. The van der Waals surface area contributed by atoms with Crippen molar-refractivity contribution in [2.24, 2.45) is 5.92 Å². The van der Waals surface area contributed by atoms with Gasteiger partial charge >= 0.3 is 18.0 Å². The summed E-state index contributed by atoms with van der Waals surface area (Å²) in [6, 6.07) is 31.7. The Hall–Kier alpha value is -4.91. The summed E-state index contributed by atoms with van der Waals surface area (Å²) >= 11 is 0. The lowest BCUT2D eigenvalue weighted by Gasteiger charge is -2.30. The van der Waals surface area contributed by atoms with E-state index in [2.05, 4.69) is 5.32 Å². The number of hydrogen-bond acceptors (Lipinski definition) is 5. The van der Waals surface area contributed by atoms with Gasteiger partial charge in [0.2, 0.25) is 5.54 Å². The molecule has 0 bridgehead atoms. The Balaban J connectivity index is 1.20. The molecule has 7 heteroatoms. The first-order valence-electron chi connectivity index (χ1n) is 14.5. The quantitative estimate of drug-likeness (QED) is 0.169. The second-order valence-electron chi connectivity index (χ2n) is 11.6. The summed E-state index contributed by atoms with van der Waals surface area (Å²) < 4.78 is 11.4. The molecule has 2 N–H and O–H groups in total. The lowest BCUT2D eigenvalue weighted by molar-refractivity contribution is -0.164. The molecule has 0 radical (unpaired) electrons. The van der Waals surface area contributed by atoms with Crippen LogP contribution in [0.5, 0.6) is 0 Å². The van der Waals surface area contributed by atoms with E-state index in [1.807, 2.05) is 97.1 Å². The highest BCUT2D eigenvalue weighted by atomic mass is 16.6. The Bertz CT molecular complexity index is 1620. The maximum Gasteiger partial charge on any atom is 0.408 e. The monoisotopic (exact) mass is 575 g/mol. The van der Waals surface area contributed by atoms with Gasteiger partial charge in [-0.15, -0.1) is 0 Å². The van der Waals surface area contributed by atoms with E-state index < -0.39 is 23.6 Å². The zero-order chi connectivity index (χ0) is 30.1. The molecule has 43 heavy (non-hydrogen) atoms. The number of carboxylic acids is 1. The Morgan fingerprint density at radius 1 is 0.674 bits per heavy atom. The van der Waals surface area contributed by atoms with Gasteiger partial charge in [0.05, 0.1) is 0 Å². The van der Waals surface area contributed by atoms with Gasteiger partial charge in [0.1, 0.15) is 13.2 Å². The van der Waals surface area contributed by atoms with Crippen LogP contribution in [0.4, 0.5) is 4.79 Å². The van der Waals surface area contributed by atoms with Crippen molar-refractivity contribution in [3.05, 3.63) is 119 Å². The number of alkyl carbamates (subject to hydrolysis) is 1. The van der Waals surface area contributed by atoms with Gasteiger partial charge in [-0.25, -0.2) is 14.4 Å². The molecule has 4 aromatic rings. The number of fused-ring (bicyclic) bond motifs is 6. The third-order valence-corrected chi connectivity index (χ3v) is 8.43. The van der Waals surface area contributed by atoms with E-state index >= 15 is 0 Å². The van der Waals surface area contributed by atoms with E-state index in [1.165, 1.54) is 0 Å². The average molecular weight is 576 g/mol. The largest absolute Gasteiger partial charge is 0.479 e.